The summed E-state index contributed by atoms with van der Waals surface area (Å²) in [6.45, 7) is 6.09. The molecule has 1 saturated heterocycles. The molecule has 2 rings (SSSR count). The summed E-state index contributed by atoms with van der Waals surface area (Å²) in [6.07, 6.45) is 3.06. The zero-order valence-corrected chi connectivity index (χ0v) is 15.3. The number of halogens is 1. The van der Waals surface area contributed by atoms with Crippen molar-refractivity contribution in [1.82, 2.24) is 9.62 Å². The Morgan fingerprint density at radius 2 is 1.86 bits per heavy atom. The molecule has 0 amide bonds. The van der Waals surface area contributed by atoms with Gasteiger partial charge in [-0.2, -0.15) is 4.31 Å². The molecule has 1 aromatic carbocycles. The second-order valence-electron chi connectivity index (χ2n) is 6.01. The van der Waals surface area contributed by atoms with Crippen molar-refractivity contribution in [2.24, 2.45) is 5.92 Å². The van der Waals surface area contributed by atoms with Crippen LogP contribution in [0.4, 0.5) is 0 Å². The molecule has 1 heterocycles. The normalized spacial score (nSPS) is 17.2. The Bertz CT molecular complexity index is 582. The van der Waals surface area contributed by atoms with Gasteiger partial charge in [0, 0.05) is 13.1 Å². The Hall–Kier alpha value is -0.620. The molecule has 0 atom stereocenters. The standard InChI is InChI=1S/C16H26N2O2S.ClH/c1-13-4-5-14(2)16(12-13)21(19,20)18-10-7-15(8-11-18)6-9-17-3;/h4-5,12,15,17H,6-11H2,1-3H3;1H. The van der Waals surface area contributed by atoms with Crippen molar-refractivity contribution in [1.29, 1.82) is 0 Å². The number of piperidine rings is 1. The van der Waals surface area contributed by atoms with E-state index in [1.54, 1.807) is 10.4 Å². The Morgan fingerprint density at radius 1 is 1.23 bits per heavy atom. The SMILES string of the molecule is CNCCC1CCN(S(=O)(=O)c2cc(C)ccc2C)CC1.Cl. The van der Waals surface area contributed by atoms with E-state index in [1.165, 1.54) is 0 Å². The maximum Gasteiger partial charge on any atom is 0.243 e. The van der Waals surface area contributed by atoms with E-state index < -0.39 is 10.0 Å². The van der Waals surface area contributed by atoms with Crippen molar-refractivity contribution in [3.8, 4) is 0 Å². The third kappa shape index (κ3) is 4.44. The van der Waals surface area contributed by atoms with Crippen LogP contribution in [0.1, 0.15) is 30.4 Å². The molecule has 126 valence electrons. The third-order valence-electron chi connectivity index (χ3n) is 4.34. The molecule has 0 unspecified atom stereocenters. The van der Waals surface area contributed by atoms with Crippen LogP contribution in [0, 0.1) is 19.8 Å². The smallest absolute Gasteiger partial charge is 0.243 e. The van der Waals surface area contributed by atoms with E-state index >= 15 is 0 Å². The predicted octanol–water partition coefficient (Wildman–Crippen LogP) is 2.74. The Labute approximate surface area is 140 Å². The van der Waals surface area contributed by atoms with Crippen LogP contribution in [0.2, 0.25) is 0 Å². The van der Waals surface area contributed by atoms with E-state index in [2.05, 4.69) is 5.32 Å². The molecule has 0 aromatic heterocycles. The molecule has 1 aliphatic heterocycles. The minimum Gasteiger partial charge on any atom is -0.320 e. The third-order valence-corrected chi connectivity index (χ3v) is 6.38. The zero-order valence-electron chi connectivity index (χ0n) is 13.6. The molecule has 0 radical (unpaired) electrons. The van der Waals surface area contributed by atoms with E-state index in [0.29, 0.717) is 23.9 Å². The lowest BCUT2D eigenvalue weighted by Crippen LogP contribution is -2.39. The average Bonchev–Trinajstić information content (AvgIpc) is 2.48. The summed E-state index contributed by atoms with van der Waals surface area (Å²) >= 11 is 0. The maximum absolute atomic E-state index is 12.8. The number of aryl methyl sites for hydroxylation is 2. The van der Waals surface area contributed by atoms with Crippen LogP contribution in [0.15, 0.2) is 23.1 Å². The number of sulfonamides is 1. The summed E-state index contributed by atoms with van der Waals surface area (Å²) in [5, 5.41) is 3.16. The van der Waals surface area contributed by atoms with Gasteiger partial charge in [-0.1, -0.05) is 12.1 Å². The number of rotatable bonds is 5. The highest BCUT2D eigenvalue weighted by atomic mass is 35.5. The van der Waals surface area contributed by atoms with E-state index in [-0.39, 0.29) is 12.4 Å². The molecule has 0 spiro atoms. The first-order valence-corrected chi connectivity index (χ1v) is 9.11. The van der Waals surface area contributed by atoms with Gasteiger partial charge in [0.05, 0.1) is 4.90 Å². The van der Waals surface area contributed by atoms with Gasteiger partial charge < -0.3 is 5.32 Å². The van der Waals surface area contributed by atoms with Gasteiger partial charge in [0.25, 0.3) is 0 Å². The van der Waals surface area contributed by atoms with Crippen molar-refractivity contribution in [2.75, 3.05) is 26.7 Å². The van der Waals surface area contributed by atoms with Gasteiger partial charge in [-0.25, -0.2) is 8.42 Å². The number of hydrogen-bond acceptors (Lipinski definition) is 3. The van der Waals surface area contributed by atoms with E-state index in [1.807, 2.05) is 33.0 Å². The predicted molar refractivity (Wildman–Crippen MR) is 93.2 cm³/mol. The topological polar surface area (TPSA) is 49.4 Å². The molecule has 0 saturated carbocycles. The van der Waals surface area contributed by atoms with Crippen LogP contribution >= 0.6 is 12.4 Å². The summed E-state index contributed by atoms with van der Waals surface area (Å²) in [7, 11) is -1.38. The highest BCUT2D eigenvalue weighted by Gasteiger charge is 2.30. The van der Waals surface area contributed by atoms with Crippen molar-refractivity contribution in [3.63, 3.8) is 0 Å². The second kappa shape index (κ2) is 8.29. The molecule has 0 aliphatic carbocycles. The molecule has 22 heavy (non-hydrogen) atoms. The summed E-state index contributed by atoms with van der Waals surface area (Å²) in [5.41, 5.74) is 1.82. The fraction of sp³-hybridized carbons (Fsp3) is 0.625. The van der Waals surface area contributed by atoms with Gasteiger partial charge >= 0.3 is 0 Å². The quantitative estimate of drug-likeness (QED) is 0.891. The van der Waals surface area contributed by atoms with Gasteiger partial charge in [-0.15, -0.1) is 12.4 Å². The largest absolute Gasteiger partial charge is 0.320 e. The van der Waals surface area contributed by atoms with Gasteiger partial charge in [0.2, 0.25) is 10.0 Å². The van der Waals surface area contributed by atoms with Crippen molar-refractivity contribution < 1.29 is 8.42 Å². The van der Waals surface area contributed by atoms with Crippen molar-refractivity contribution >= 4 is 22.4 Å². The monoisotopic (exact) mass is 346 g/mol. The van der Waals surface area contributed by atoms with Gasteiger partial charge in [-0.05, 0) is 69.8 Å². The molecule has 0 bridgehead atoms. The Morgan fingerprint density at radius 3 is 2.45 bits per heavy atom. The molecule has 1 N–H and O–H groups in total. The first-order chi connectivity index (χ1) is 9.95. The Balaban J connectivity index is 0.00000242. The first-order valence-electron chi connectivity index (χ1n) is 7.67. The highest BCUT2D eigenvalue weighted by Crippen LogP contribution is 2.27. The first kappa shape index (κ1) is 19.4. The van der Waals surface area contributed by atoms with Gasteiger partial charge in [0.15, 0.2) is 0 Å². The van der Waals surface area contributed by atoms with Crippen LogP contribution in [0.25, 0.3) is 0 Å². The zero-order chi connectivity index (χ0) is 15.5. The molecule has 1 aromatic rings. The van der Waals surface area contributed by atoms with Crippen molar-refractivity contribution in [2.45, 2.75) is 38.0 Å². The molecule has 6 heteroatoms. The molecule has 1 fully saturated rings. The summed E-state index contributed by atoms with van der Waals surface area (Å²) in [5.74, 6) is 0.641. The maximum atomic E-state index is 12.8. The molecule has 1 aliphatic rings. The average molecular weight is 347 g/mol. The van der Waals surface area contributed by atoms with Crippen LogP contribution < -0.4 is 5.32 Å². The summed E-state index contributed by atoms with van der Waals surface area (Å²) in [4.78, 5) is 0.469. The van der Waals surface area contributed by atoms with E-state index in [4.69, 9.17) is 0 Å². The lowest BCUT2D eigenvalue weighted by molar-refractivity contribution is 0.263. The fourth-order valence-corrected chi connectivity index (χ4v) is 4.69. The minimum absolute atomic E-state index is 0. The van der Waals surface area contributed by atoms with Gasteiger partial charge in [0.1, 0.15) is 0 Å². The van der Waals surface area contributed by atoms with E-state index in [9.17, 15) is 8.42 Å². The van der Waals surface area contributed by atoms with E-state index in [0.717, 1.165) is 36.9 Å². The molecule has 4 nitrogen and oxygen atoms in total. The summed E-state index contributed by atoms with van der Waals surface area (Å²) in [6, 6.07) is 5.64. The minimum atomic E-state index is -3.34. The number of nitrogens with zero attached hydrogens (tertiary/aromatic N) is 1. The van der Waals surface area contributed by atoms with Crippen LogP contribution in [-0.4, -0.2) is 39.4 Å². The second-order valence-corrected chi connectivity index (χ2v) is 7.91. The van der Waals surface area contributed by atoms with Crippen LogP contribution in [-0.2, 0) is 10.0 Å². The lowest BCUT2D eigenvalue weighted by Gasteiger charge is -2.31. The number of nitrogens with one attached hydrogen (secondary N) is 1. The van der Waals surface area contributed by atoms with Crippen LogP contribution in [0.5, 0.6) is 0 Å². The van der Waals surface area contributed by atoms with Crippen molar-refractivity contribution in [3.05, 3.63) is 29.3 Å². The van der Waals surface area contributed by atoms with Crippen LogP contribution in [0.3, 0.4) is 0 Å². The lowest BCUT2D eigenvalue weighted by atomic mass is 9.95. The number of hydrogen-bond donors (Lipinski definition) is 1. The molecular weight excluding hydrogens is 320 g/mol. The Kier molecular flexibility index (Phi) is 7.32. The molecular formula is C16H27ClN2O2S. The summed E-state index contributed by atoms with van der Waals surface area (Å²) < 4.78 is 27.2. The highest BCUT2D eigenvalue weighted by molar-refractivity contribution is 7.89. The number of benzene rings is 1. The van der Waals surface area contributed by atoms with Gasteiger partial charge in [-0.3, -0.25) is 0 Å². The fourth-order valence-electron chi connectivity index (χ4n) is 2.91.